The van der Waals surface area contributed by atoms with E-state index in [2.05, 4.69) is 130 Å². The number of rotatable bonds is 3. The number of para-hydroxylation sites is 1. The highest BCUT2D eigenvalue weighted by Gasteiger charge is 2.37. The molecule has 0 N–H and O–H groups in total. The Labute approximate surface area is 227 Å². The molecule has 0 atom stereocenters. The Morgan fingerprint density at radius 1 is 0.474 bits per heavy atom. The molecular formula is C36H30BN. The van der Waals surface area contributed by atoms with Crippen LogP contribution in [0.3, 0.4) is 0 Å². The van der Waals surface area contributed by atoms with Gasteiger partial charge in [0.2, 0.25) is 0 Å². The normalized spacial score (nSPS) is 15.4. The molecule has 0 aliphatic heterocycles. The molecule has 0 fully saturated rings. The van der Waals surface area contributed by atoms with E-state index in [1.54, 1.807) is 0 Å². The van der Waals surface area contributed by atoms with Gasteiger partial charge < -0.3 is 4.90 Å². The van der Waals surface area contributed by atoms with Crippen LogP contribution in [-0.4, -0.2) is 7.85 Å². The van der Waals surface area contributed by atoms with Crippen LogP contribution in [0.5, 0.6) is 0 Å². The third-order valence-corrected chi connectivity index (χ3v) is 8.83. The molecule has 0 saturated heterocycles. The van der Waals surface area contributed by atoms with Crippen molar-refractivity contribution in [2.45, 2.75) is 38.5 Å². The first kappa shape index (κ1) is 23.1. The Bertz CT molecular complexity index is 1640. The maximum Gasteiger partial charge on any atom is 0.116 e. The third-order valence-electron chi connectivity index (χ3n) is 8.83. The zero-order valence-corrected chi connectivity index (χ0v) is 22.4. The summed E-state index contributed by atoms with van der Waals surface area (Å²) in [6.07, 6.45) is 0. The molecule has 0 aromatic heterocycles. The second-order valence-electron chi connectivity index (χ2n) is 11.7. The van der Waals surface area contributed by atoms with Gasteiger partial charge in [0.25, 0.3) is 0 Å². The maximum atomic E-state index is 6.62. The van der Waals surface area contributed by atoms with E-state index in [-0.39, 0.29) is 10.8 Å². The molecule has 38 heavy (non-hydrogen) atoms. The Kier molecular flexibility index (Phi) is 4.85. The van der Waals surface area contributed by atoms with Crippen LogP contribution < -0.4 is 10.4 Å². The molecule has 0 amide bonds. The first-order valence-electron chi connectivity index (χ1n) is 13.4. The third kappa shape index (κ3) is 3.13. The molecule has 2 heteroatoms. The molecule has 0 unspecified atom stereocenters. The minimum atomic E-state index is -0.0720. The van der Waals surface area contributed by atoms with Gasteiger partial charge in [0, 0.05) is 27.9 Å². The summed E-state index contributed by atoms with van der Waals surface area (Å²) in [7, 11) is 6.62. The van der Waals surface area contributed by atoms with Crippen molar-refractivity contribution in [3.8, 4) is 22.3 Å². The number of anilines is 3. The van der Waals surface area contributed by atoms with E-state index in [4.69, 9.17) is 7.85 Å². The number of benzene rings is 5. The van der Waals surface area contributed by atoms with Gasteiger partial charge in [0.05, 0.1) is 0 Å². The van der Waals surface area contributed by atoms with Gasteiger partial charge in [0.1, 0.15) is 7.85 Å². The van der Waals surface area contributed by atoms with Crippen LogP contribution in [-0.2, 0) is 10.8 Å². The molecule has 0 bridgehead atoms. The number of nitrogens with zero attached hydrogens (tertiary/aromatic N) is 1. The van der Waals surface area contributed by atoms with Gasteiger partial charge in [-0.05, 0) is 74.8 Å². The van der Waals surface area contributed by atoms with Gasteiger partial charge >= 0.3 is 0 Å². The van der Waals surface area contributed by atoms with E-state index in [1.807, 2.05) is 12.1 Å². The Morgan fingerprint density at radius 3 is 1.39 bits per heavy atom. The highest BCUT2D eigenvalue weighted by Crippen LogP contribution is 2.52. The average Bonchev–Trinajstić information content (AvgIpc) is 3.30. The van der Waals surface area contributed by atoms with Crippen LogP contribution >= 0.6 is 0 Å². The lowest BCUT2D eigenvalue weighted by Crippen LogP contribution is -2.21. The van der Waals surface area contributed by atoms with Crippen molar-refractivity contribution in [2.24, 2.45) is 0 Å². The van der Waals surface area contributed by atoms with Crippen molar-refractivity contribution in [1.82, 2.24) is 0 Å². The second kappa shape index (κ2) is 7.98. The SMILES string of the molecule is [B]c1ccccc1N(c1ccc2c(c1)C(C)(C)c1ccccc1-2)c1ccc2c(c1)C(C)(C)c1ccccc1-2. The van der Waals surface area contributed by atoms with E-state index in [1.165, 1.54) is 44.5 Å². The lowest BCUT2D eigenvalue weighted by molar-refractivity contribution is 0.660. The summed E-state index contributed by atoms with van der Waals surface area (Å²) in [5.74, 6) is 0. The monoisotopic (exact) mass is 487 g/mol. The van der Waals surface area contributed by atoms with Gasteiger partial charge in [-0.1, -0.05) is 112 Å². The molecule has 0 saturated carbocycles. The van der Waals surface area contributed by atoms with Crippen LogP contribution in [0.25, 0.3) is 22.3 Å². The summed E-state index contributed by atoms with van der Waals surface area (Å²) in [5.41, 5.74) is 14.6. The fourth-order valence-corrected chi connectivity index (χ4v) is 6.78. The molecular weight excluding hydrogens is 457 g/mol. The lowest BCUT2D eigenvalue weighted by Gasteiger charge is -2.30. The predicted molar refractivity (Wildman–Crippen MR) is 162 cm³/mol. The van der Waals surface area contributed by atoms with Gasteiger partial charge in [-0.2, -0.15) is 0 Å². The molecule has 5 aromatic carbocycles. The summed E-state index contributed by atoms with van der Waals surface area (Å²) >= 11 is 0. The zero-order valence-electron chi connectivity index (χ0n) is 22.4. The number of hydrogen-bond acceptors (Lipinski definition) is 1. The summed E-state index contributed by atoms with van der Waals surface area (Å²) in [5, 5.41) is 0. The Balaban J connectivity index is 1.43. The number of hydrogen-bond donors (Lipinski definition) is 0. The summed E-state index contributed by atoms with van der Waals surface area (Å²) in [4.78, 5) is 2.33. The van der Waals surface area contributed by atoms with Crippen molar-refractivity contribution < 1.29 is 0 Å². The molecule has 1 nitrogen and oxygen atoms in total. The lowest BCUT2D eigenvalue weighted by atomic mass is 9.82. The van der Waals surface area contributed by atoms with Gasteiger partial charge in [-0.15, -0.1) is 0 Å². The first-order valence-corrected chi connectivity index (χ1v) is 13.4. The highest BCUT2D eigenvalue weighted by molar-refractivity contribution is 6.36. The van der Waals surface area contributed by atoms with Crippen LogP contribution in [0.15, 0.2) is 109 Å². The second-order valence-corrected chi connectivity index (χ2v) is 11.7. The van der Waals surface area contributed by atoms with Crippen molar-refractivity contribution in [2.75, 3.05) is 4.90 Å². The van der Waals surface area contributed by atoms with Crippen molar-refractivity contribution in [3.63, 3.8) is 0 Å². The van der Waals surface area contributed by atoms with Gasteiger partial charge in [-0.3, -0.25) is 0 Å². The summed E-state index contributed by atoms with van der Waals surface area (Å²) in [6.45, 7) is 9.32. The zero-order chi connectivity index (χ0) is 26.2. The van der Waals surface area contributed by atoms with Gasteiger partial charge in [0.15, 0.2) is 0 Å². The molecule has 0 heterocycles. The minimum Gasteiger partial charge on any atom is -0.311 e. The van der Waals surface area contributed by atoms with Crippen LogP contribution in [0.1, 0.15) is 49.9 Å². The fraction of sp³-hybridized carbons (Fsp3) is 0.167. The maximum absolute atomic E-state index is 6.62. The highest BCUT2D eigenvalue weighted by atomic mass is 15.1. The standard InChI is InChI=1S/C36H30BN/c1-35(2)29-13-7-5-11-25(29)27-19-17-23(21-31(27)35)38(34-16-10-9-15-33(34)37)24-18-20-28-26-12-6-8-14-30(26)36(3,4)32(28)22-24/h5-22H,1-4H3. The molecule has 2 aliphatic rings. The molecule has 5 aromatic rings. The summed E-state index contributed by atoms with van der Waals surface area (Å²) in [6, 6.07) is 39.6. The van der Waals surface area contributed by atoms with E-state index in [9.17, 15) is 0 Å². The van der Waals surface area contributed by atoms with Crippen LogP contribution in [0.2, 0.25) is 0 Å². The molecule has 0 spiro atoms. The molecule has 2 aliphatic carbocycles. The molecule has 7 rings (SSSR count). The number of fused-ring (bicyclic) bond motifs is 6. The Morgan fingerprint density at radius 2 is 0.895 bits per heavy atom. The van der Waals surface area contributed by atoms with Crippen molar-refractivity contribution in [1.29, 1.82) is 0 Å². The fourth-order valence-electron chi connectivity index (χ4n) is 6.78. The minimum absolute atomic E-state index is 0.0720. The topological polar surface area (TPSA) is 3.24 Å². The van der Waals surface area contributed by atoms with Crippen LogP contribution in [0.4, 0.5) is 17.1 Å². The Hall–Kier alpha value is -4.04. The van der Waals surface area contributed by atoms with Crippen molar-refractivity contribution in [3.05, 3.63) is 131 Å². The molecule has 182 valence electrons. The van der Waals surface area contributed by atoms with Crippen molar-refractivity contribution >= 4 is 30.4 Å². The van der Waals surface area contributed by atoms with Gasteiger partial charge in [-0.25, -0.2) is 0 Å². The average molecular weight is 487 g/mol. The smallest absolute Gasteiger partial charge is 0.116 e. The summed E-state index contributed by atoms with van der Waals surface area (Å²) < 4.78 is 0. The first-order chi connectivity index (χ1) is 18.3. The van der Waals surface area contributed by atoms with E-state index < -0.39 is 0 Å². The van der Waals surface area contributed by atoms with E-state index in [0.29, 0.717) is 0 Å². The quantitative estimate of drug-likeness (QED) is 0.231. The largest absolute Gasteiger partial charge is 0.311 e. The molecule has 2 radical (unpaired) electrons. The van der Waals surface area contributed by atoms with E-state index in [0.717, 1.165) is 22.5 Å². The van der Waals surface area contributed by atoms with Crippen LogP contribution in [0, 0.1) is 0 Å². The predicted octanol–water partition coefficient (Wildman–Crippen LogP) is 8.56. The van der Waals surface area contributed by atoms with E-state index >= 15 is 0 Å².